The fraction of sp³-hybridized carbons (Fsp3) is 0. The second-order valence-electron chi connectivity index (χ2n) is 1.11. The highest BCUT2D eigenvalue weighted by Crippen LogP contribution is 1.83. The molecule has 0 unspecified atom stereocenters. The fourth-order valence-corrected chi connectivity index (χ4v) is 1.34. The lowest BCUT2D eigenvalue weighted by Crippen LogP contribution is -2.33. The van der Waals surface area contributed by atoms with Gasteiger partial charge in [-0.3, -0.25) is 4.55 Å². The molecule has 0 bridgehead atoms. The summed E-state index contributed by atoms with van der Waals surface area (Å²) in [7, 11) is -9.42. The number of hydrogen-bond donors (Lipinski definition) is 3. The summed E-state index contributed by atoms with van der Waals surface area (Å²) in [5.74, 6) is 4.09. The van der Waals surface area contributed by atoms with E-state index >= 15 is 0 Å². The molecule has 62 valence electrons. The molecular formula is H4N2O6S2. The van der Waals surface area contributed by atoms with Crippen molar-refractivity contribution in [2.75, 3.05) is 0 Å². The zero-order valence-electron chi connectivity index (χ0n) is 4.38. The molecule has 0 saturated carbocycles. The van der Waals surface area contributed by atoms with Gasteiger partial charge in [0.1, 0.15) is 0 Å². The lowest BCUT2D eigenvalue weighted by molar-refractivity contribution is 0.328. The van der Waals surface area contributed by atoms with Crippen molar-refractivity contribution in [1.82, 2.24) is 4.13 Å². The van der Waals surface area contributed by atoms with Crippen LogP contribution in [0.3, 0.4) is 0 Å². The molecule has 10 heteroatoms. The maximum atomic E-state index is 10.0. The summed E-state index contributed by atoms with van der Waals surface area (Å²) >= 11 is 0. The van der Waals surface area contributed by atoms with E-state index in [0.29, 0.717) is 4.13 Å². The number of hydrogen-bond acceptors (Lipinski definition) is 6. The van der Waals surface area contributed by atoms with Gasteiger partial charge in [0.15, 0.2) is 0 Å². The van der Waals surface area contributed by atoms with Crippen molar-refractivity contribution in [2.45, 2.75) is 0 Å². The molecular weight excluding hydrogens is 188 g/mol. The number of nitrogens with two attached hydrogens (primary N) is 1. The summed E-state index contributed by atoms with van der Waals surface area (Å²) < 4.78 is 51.2. The number of rotatable bonds is 3. The highest BCUT2D eigenvalue weighted by molar-refractivity contribution is 7.99. The predicted octanol–water partition coefficient (Wildman–Crippen LogP) is -2.49. The predicted molar refractivity (Wildman–Crippen MR) is 28.9 cm³/mol. The van der Waals surface area contributed by atoms with Crippen molar-refractivity contribution in [2.24, 2.45) is 5.90 Å². The molecule has 0 aromatic heterocycles. The summed E-state index contributed by atoms with van der Waals surface area (Å²) in [4.78, 5) is 0. The van der Waals surface area contributed by atoms with Crippen LogP contribution in [0.15, 0.2) is 0 Å². The van der Waals surface area contributed by atoms with E-state index in [1.54, 1.807) is 0 Å². The minimum atomic E-state index is -4.84. The largest absolute Gasteiger partial charge is 0.366 e. The highest BCUT2D eigenvalue weighted by atomic mass is 32.3. The van der Waals surface area contributed by atoms with E-state index in [-0.39, 0.29) is 0 Å². The zero-order chi connectivity index (χ0) is 8.41. The first kappa shape index (κ1) is 9.74. The van der Waals surface area contributed by atoms with Gasteiger partial charge < -0.3 is 0 Å². The molecule has 0 aromatic rings. The first-order valence-electron chi connectivity index (χ1n) is 1.66. The maximum absolute atomic E-state index is 10.0. The van der Waals surface area contributed by atoms with Crippen LogP contribution in [0, 0.1) is 0 Å². The van der Waals surface area contributed by atoms with Gasteiger partial charge >= 0.3 is 20.6 Å². The van der Waals surface area contributed by atoms with Gasteiger partial charge in [-0.2, -0.15) is 27.0 Å². The Labute approximate surface area is 57.1 Å². The van der Waals surface area contributed by atoms with E-state index in [1.807, 2.05) is 0 Å². The van der Waals surface area contributed by atoms with Gasteiger partial charge in [-0.15, -0.1) is 0 Å². The summed E-state index contributed by atoms with van der Waals surface area (Å²) in [6.07, 6.45) is 0. The van der Waals surface area contributed by atoms with Crippen LogP contribution in [0.4, 0.5) is 0 Å². The summed E-state index contributed by atoms with van der Waals surface area (Å²) in [6.45, 7) is 0. The molecule has 0 amide bonds. The Morgan fingerprint density at radius 2 is 1.70 bits per heavy atom. The first-order chi connectivity index (χ1) is 4.27. The van der Waals surface area contributed by atoms with Crippen LogP contribution in [-0.4, -0.2) is 21.4 Å². The van der Waals surface area contributed by atoms with Crippen molar-refractivity contribution >= 4 is 20.6 Å². The van der Waals surface area contributed by atoms with Gasteiger partial charge in [0.2, 0.25) is 0 Å². The molecule has 10 heavy (non-hydrogen) atoms. The number of nitrogens with one attached hydrogen (secondary N) is 1. The van der Waals surface area contributed by atoms with Gasteiger partial charge in [0.25, 0.3) is 0 Å². The molecule has 0 aliphatic heterocycles. The minimum absolute atomic E-state index is 0.698. The lowest BCUT2D eigenvalue weighted by atomic mass is 13.6. The minimum Gasteiger partial charge on any atom is -0.273 e. The molecule has 0 spiro atoms. The SMILES string of the molecule is NOS(=O)(=O)NS(=O)(=O)O. The maximum Gasteiger partial charge on any atom is 0.366 e. The summed E-state index contributed by atoms with van der Waals surface area (Å²) in [6, 6.07) is 0. The van der Waals surface area contributed by atoms with Crippen molar-refractivity contribution in [3.63, 3.8) is 0 Å². The van der Waals surface area contributed by atoms with Crippen LogP contribution < -0.4 is 10.0 Å². The molecule has 0 heterocycles. The fourth-order valence-electron chi connectivity index (χ4n) is 0.149. The van der Waals surface area contributed by atoms with Gasteiger partial charge in [0, 0.05) is 0 Å². The average molecular weight is 192 g/mol. The van der Waals surface area contributed by atoms with Crippen molar-refractivity contribution < 1.29 is 25.7 Å². The Bertz CT molecular complexity index is 282. The molecule has 0 aliphatic rings. The monoisotopic (exact) mass is 192 g/mol. The molecule has 0 aliphatic carbocycles. The van der Waals surface area contributed by atoms with E-state index < -0.39 is 20.6 Å². The van der Waals surface area contributed by atoms with Crippen LogP contribution >= 0.6 is 0 Å². The molecule has 0 rings (SSSR count). The lowest BCUT2D eigenvalue weighted by Gasteiger charge is -1.96. The standard InChI is InChI=1S/H4N2O6S2/c1-8-10(6,7)2-9(3,4)5/h2H,1H2,(H,3,4,5). The van der Waals surface area contributed by atoms with Crippen LogP contribution in [0.2, 0.25) is 0 Å². The Morgan fingerprint density at radius 1 is 1.30 bits per heavy atom. The van der Waals surface area contributed by atoms with E-state index in [1.165, 1.54) is 0 Å². The van der Waals surface area contributed by atoms with Crippen LogP contribution in [0.1, 0.15) is 0 Å². The molecule has 0 radical (unpaired) electrons. The molecule has 8 nitrogen and oxygen atoms in total. The first-order valence-corrected chi connectivity index (χ1v) is 4.51. The molecule has 0 fully saturated rings. The van der Waals surface area contributed by atoms with Gasteiger partial charge in [-0.05, 0) is 0 Å². The average Bonchev–Trinajstić information content (AvgIpc) is 1.60. The Morgan fingerprint density at radius 3 is 1.80 bits per heavy atom. The Hall–Kier alpha value is -0.260. The second kappa shape index (κ2) is 2.77. The quantitative estimate of drug-likeness (QED) is 0.332. The third-order valence-corrected chi connectivity index (χ3v) is 2.25. The smallest absolute Gasteiger partial charge is 0.273 e. The van der Waals surface area contributed by atoms with Gasteiger partial charge in [0.05, 0.1) is 0 Å². The van der Waals surface area contributed by atoms with Crippen LogP contribution in [-0.2, 0) is 24.9 Å². The Kier molecular flexibility index (Phi) is 2.70. The van der Waals surface area contributed by atoms with Gasteiger partial charge in [-0.1, -0.05) is 4.13 Å². The van der Waals surface area contributed by atoms with E-state index in [4.69, 9.17) is 4.55 Å². The van der Waals surface area contributed by atoms with Crippen LogP contribution in [0.25, 0.3) is 0 Å². The highest BCUT2D eigenvalue weighted by Gasteiger charge is 2.16. The molecule has 4 N–H and O–H groups in total. The third-order valence-electron chi connectivity index (χ3n) is 0.334. The van der Waals surface area contributed by atoms with E-state index in [2.05, 4.69) is 10.2 Å². The van der Waals surface area contributed by atoms with Crippen molar-refractivity contribution in [3.05, 3.63) is 0 Å². The normalized spacial score (nSPS) is 13.4. The molecule has 0 atom stereocenters. The van der Waals surface area contributed by atoms with Crippen molar-refractivity contribution in [1.29, 1.82) is 0 Å². The van der Waals surface area contributed by atoms with Crippen LogP contribution in [0.5, 0.6) is 0 Å². The summed E-state index contributed by atoms with van der Waals surface area (Å²) in [5.41, 5.74) is 0. The van der Waals surface area contributed by atoms with Gasteiger partial charge in [-0.25, -0.2) is 0 Å². The topological polar surface area (TPSA) is 136 Å². The molecule has 0 saturated heterocycles. The second-order valence-corrected chi connectivity index (χ2v) is 3.83. The summed E-state index contributed by atoms with van der Waals surface area (Å²) in [5, 5.41) is 0. The van der Waals surface area contributed by atoms with E-state index in [0.717, 1.165) is 0 Å². The van der Waals surface area contributed by atoms with E-state index in [9.17, 15) is 16.8 Å². The zero-order valence-corrected chi connectivity index (χ0v) is 6.02. The third kappa shape index (κ3) is 4.60. The molecule has 0 aromatic carbocycles. The van der Waals surface area contributed by atoms with Crippen molar-refractivity contribution in [3.8, 4) is 0 Å². The Balaban J connectivity index is 4.49.